The molecule has 0 saturated heterocycles. The molecule has 1 aliphatic rings. The Bertz CT molecular complexity index is 1450. The van der Waals surface area contributed by atoms with E-state index in [4.69, 9.17) is 0 Å². The van der Waals surface area contributed by atoms with Crippen LogP contribution in [0.1, 0.15) is 25.8 Å². The van der Waals surface area contributed by atoms with E-state index in [0.717, 1.165) is 16.0 Å². The van der Waals surface area contributed by atoms with Gasteiger partial charge in [-0.1, -0.05) is 19.9 Å². The van der Waals surface area contributed by atoms with Crippen molar-refractivity contribution in [2.45, 2.75) is 31.7 Å². The second-order valence-electron chi connectivity index (χ2n) is 8.36. The SMILES string of the molecule is CC(C)CCn1[nH]ccccc(O)c(C2=CS(=O)(=O)c3cc(N(C)S(C)(=O)=O)ccc3N2)c1=O. The average molecular weight is 509 g/mol. The summed E-state index contributed by atoms with van der Waals surface area (Å²) in [5.41, 5.74) is -0.605. The van der Waals surface area contributed by atoms with E-state index in [-0.39, 0.29) is 27.5 Å². The number of aromatic hydroxyl groups is 1. The molecule has 184 valence electrons. The maximum absolute atomic E-state index is 13.4. The molecule has 0 fully saturated rings. The number of nitrogens with zero attached hydrogens (tertiary/aromatic N) is 2. The van der Waals surface area contributed by atoms with Gasteiger partial charge >= 0.3 is 0 Å². The zero-order valence-electron chi connectivity index (χ0n) is 19.3. The number of sulfone groups is 1. The topological polar surface area (TPSA) is 142 Å². The summed E-state index contributed by atoms with van der Waals surface area (Å²) in [6, 6.07) is 8.52. The number of fused-ring (bicyclic) bond motifs is 1. The number of H-pyrrole nitrogens is 1. The summed E-state index contributed by atoms with van der Waals surface area (Å²) in [6.07, 6.45) is 3.23. The Morgan fingerprint density at radius 1 is 1.18 bits per heavy atom. The molecule has 12 heteroatoms. The highest BCUT2D eigenvalue weighted by Gasteiger charge is 2.28. The van der Waals surface area contributed by atoms with E-state index in [0.29, 0.717) is 18.9 Å². The van der Waals surface area contributed by atoms with Crippen molar-refractivity contribution in [2.75, 3.05) is 22.9 Å². The number of rotatable bonds is 6. The summed E-state index contributed by atoms with van der Waals surface area (Å²) >= 11 is 0. The van der Waals surface area contributed by atoms with Crippen molar-refractivity contribution >= 4 is 36.9 Å². The lowest BCUT2D eigenvalue weighted by Gasteiger charge is -2.23. The van der Waals surface area contributed by atoms with Crippen molar-refractivity contribution in [1.82, 2.24) is 9.78 Å². The van der Waals surface area contributed by atoms with Crippen molar-refractivity contribution < 1.29 is 21.9 Å². The minimum Gasteiger partial charge on any atom is -0.507 e. The van der Waals surface area contributed by atoms with Gasteiger partial charge in [-0.15, -0.1) is 0 Å². The van der Waals surface area contributed by atoms with E-state index >= 15 is 0 Å². The lowest BCUT2D eigenvalue weighted by Crippen LogP contribution is -2.27. The highest BCUT2D eigenvalue weighted by Crippen LogP contribution is 2.36. The average Bonchev–Trinajstić information content (AvgIpc) is 2.79. The highest BCUT2D eigenvalue weighted by molar-refractivity contribution is 7.94. The van der Waals surface area contributed by atoms with Gasteiger partial charge in [-0.3, -0.25) is 13.8 Å². The van der Waals surface area contributed by atoms with Crippen LogP contribution in [-0.2, 0) is 26.4 Å². The molecule has 3 N–H and O–H groups in total. The lowest BCUT2D eigenvalue weighted by molar-refractivity contribution is 0.461. The number of anilines is 2. The molecular weight excluding hydrogens is 480 g/mol. The van der Waals surface area contributed by atoms with Gasteiger partial charge < -0.3 is 15.5 Å². The minimum atomic E-state index is -4.08. The zero-order valence-corrected chi connectivity index (χ0v) is 20.9. The van der Waals surface area contributed by atoms with E-state index in [1.54, 1.807) is 12.3 Å². The predicted molar refractivity (Wildman–Crippen MR) is 132 cm³/mol. The largest absolute Gasteiger partial charge is 0.507 e. The van der Waals surface area contributed by atoms with E-state index in [1.807, 2.05) is 13.8 Å². The van der Waals surface area contributed by atoms with Gasteiger partial charge in [0.25, 0.3) is 5.56 Å². The molecule has 34 heavy (non-hydrogen) atoms. The number of hydrogen-bond acceptors (Lipinski definition) is 7. The number of aromatic nitrogens is 2. The Hall–Kier alpha value is -3.25. The number of aryl methyl sites for hydroxylation is 1. The van der Waals surface area contributed by atoms with Gasteiger partial charge in [-0.25, -0.2) is 16.8 Å². The predicted octanol–water partition coefficient (Wildman–Crippen LogP) is 2.65. The first-order valence-corrected chi connectivity index (χ1v) is 13.9. The van der Waals surface area contributed by atoms with Gasteiger partial charge in [0.1, 0.15) is 11.3 Å². The maximum Gasteiger partial charge on any atom is 0.278 e. The highest BCUT2D eigenvalue weighted by atomic mass is 32.2. The fourth-order valence-corrected chi connectivity index (χ4v) is 5.10. The molecule has 0 radical (unpaired) electrons. The van der Waals surface area contributed by atoms with Gasteiger partial charge in [-0.2, -0.15) is 0 Å². The summed E-state index contributed by atoms with van der Waals surface area (Å²) < 4.78 is 52.2. The molecule has 0 unspecified atom stereocenters. The molecule has 0 amide bonds. The minimum absolute atomic E-state index is 0.0953. The first kappa shape index (κ1) is 25.4. The first-order valence-electron chi connectivity index (χ1n) is 10.5. The molecule has 2 aromatic rings. The molecule has 1 aromatic heterocycles. The Morgan fingerprint density at radius 3 is 2.53 bits per heavy atom. The Kier molecular flexibility index (Phi) is 7.13. The van der Waals surface area contributed by atoms with Crippen molar-refractivity contribution in [2.24, 2.45) is 5.92 Å². The molecule has 10 nitrogen and oxygen atoms in total. The molecule has 1 aromatic carbocycles. The Labute approximate surface area is 198 Å². The third-order valence-corrected chi connectivity index (χ3v) is 7.98. The Morgan fingerprint density at radius 2 is 1.88 bits per heavy atom. The zero-order chi connectivity index (χ0) is 25.3. The summed E-state index contributed by atoms with van der Waals surface area (Å²) in [5, 5.41) is 17.3. The number of hydrogen-bond donors (Lipinski definition) is 3. The van der Waals surface area contributed by atoms with E-state index in [2.05, 4.69) is 10.4 Å². The molecule has 1 aliphatic heterocycles. The van der Waals surface area contributed by atoms with Crippen molar-refractivity contribution in [3.63, 3.8) is 0 Å². The number of benzene rings is 1. The quantitative estimate of drug-likeness (QED) is 0.545. The van der Waals surface area contributed by atoms with Crippen LogP contribution in [-0.4, -0.2) is 45.0 Å². The van der Waals surface area contributed by atoms with Crippen LogP contribution in [0.4, 0.5) is 11.4 Å². The van der Waals surface area contributed by atoms with Crippen LogP contribution in [0.3, 0.4) is 0 Å². The normalized spacial score (nSPS) is 14.6. The van der Waals surface area contributed by atoms with Crippen LogP contribution in [0.5, 0.6) is 5.75 Å². The van der Waals surface area contributed by atoms with Crippen LogP contribution in [0.25, 0.3) is 5.70 Å². The summed E-state index contributed by atoms with van der Waals surface area (Å²) in [4.78, 5) is 13.2. The van der Waals surface area contributed by atoms with Gasteiger partial charge in [0, 0.05) is 19.8 Å². The summed E-state index contributed by atoms with van der Waals surface area (Å²) in [6.45, 7) is 4.35. The third-order valence-electron chi connectivity index (χ3n) is 5.28. The van der Waals surface area contributed by atoms with Crippen molar-refractivity contribution in [3.05, 3.63) is 63.9 Å². The van der Waals surface area contributed by atoms with Crippen LogP contribution in [0, 0.1) is 5.92 Å². The third kappa shape index (κ3) is 5.45. The first-order chi connectivity index (χ1) is 15.8. The fraction of sp³-hybridized carbons (Fsp3) is 0.318. The van der Waals surface area contributed by atoms with Crippen molar-refractivity contribution in [3.8, 4) is 5.75 Å². The smallest absolute Gasteiger partial charge is 0.278 e. The molecule has 0 atom stereocenters. The fourth-order valence-electron chi connectivity index (χ4n) is 3.28. The maximum atomic E-state index is 13.4. The molecule has 2 heterocycles. The van der Waals surface area contributed by atoms with Gasteiger partial charge in [0.15, 0.2) is 0 Å². The van der Waals surface area contributed by atoms with E-state index in [9.17, 15) is 26.7 Å². The number of sulfonamides is 1. The van der Waals surface area contributed by atoms with Crippen LogP contribution < -0.4 is 15.2 Å². The van der Waals surface area contributed by atoms with Gasteiger partial charge in [0.05, 0.1) is 33.6 Å². The standard InChI is InChI=1S/C22H28N4O6S2/c1-15(2)10-12-26-22(28)21(19(27)7-5-6-11-23-26)18-14-34(31,32)20-13-16(8-9-17(20)24-18)25(3)33(4,29)30/h5-9,11,13-15,23-24,27H,10,12H2,1-4H3. The molecular formula is C22H28N4O6S2. The van der Waals surface area contributed by atoms with E-state index < -0.39 is 31.2 Å². The number of nitrogens with one attached hydrogen (secondary N) is 2. The lowest BCUT2D eigenvalue weighted by atomic mass is 10.1. The molecule has 0 saturated carbocycles. The van der Waals surface area contributed by atoms with Crippen molar-refractivity contribution in [1.29, 1.82) is 0 Å². The molecule has 0 aliphatic carbocycles. The summed E-state index contributed by atoms with van der Waals surface area (Å²) in [5.74, 6) is -0.0948. The number of aromatic amines is 1. The van der Waals surface area contributed by atoms with Crippen LogP contribution in [0.15, 0.2) is 57.7 Å². The second-order valence-corrected chi connectivity index (χ2v) is 12.1. The van der Waals surface area contributed by atoms with E-state index in [1.165, 1.54) is 42.1 Å². The Balaban J connectivity index is 2.20. The summed E-state index contributed by atoms with van der Waals surface area (Å²) in [7, 11) is -6.37. The second kappa shape index (κ2) is 9.55. The monoisotopic (exact) mass is 508 g/mol. The molecule has 0 spiro atoms. The molecule has 3 rings (SSSR count). The van der Waals surface area contributed by atoms with Crippen LogP contribution >= 0.6 is 0 Å². The van der Waals surface area contributed by atoms with Gasteiger partial charge in [0.2, 0.25) is 19.9 Å². The van der Waals surface area contributed by atoms with Gasteiger partial charge in [-0.05, 0) is 42.7 Å². The van der Waals surface area contributed by atoms with Crippen LogP contribution in [0.2, 0.25) is 0 Å². The molecule has 0 bridgehead atoms.